The second kappa shape index (κ2) is 6.29. The molecule has 0 fully saturated rings. The number of amides is 1. The zero-order valence-electron chi connectivity index (χ0n) is 10.4. The number of thiazole rings is 1. The molecule has 0 N–H and O–H groups in total. The number of halogens is 1. The van der Waals surface area contributed by atoms with Crippen LogP contribution in [-0.4, -0.2) is 36.0 Å². The van der Waals surface area contributed by atoms with Gasteiger partial charge in [-0.2, -0.15) is 0 Å². The predicted molar refractivity (Wildman–Crippen MR) is 71.0 cm³/mol. The smallest absolute Gasteiger partial charge is 0.273 e. The van der Waals surface area contributed by atoms with Crippen LogP contribution in [0.1, 0.15) is 10.5 Å². The Bertz CT molecular complexity index is 545. The van der Waals surface area contributed by atoms with E-state index in [0.717, 1.165) is 0 Å². The SMILES string of the molecule is CN(CCOc1ccccc1F)C(=O)c1cscn1. The standard InChI is InChI=1S/C13H13FN2O2S/c1-16(13(17)11-8-19-9-15-11)6-7-18-12-5-3-2-4-10(12)14/h2-5,8-9H,6-7H2,1H3. The molecule has 1 amide bonds. The molecule has 0 saturated heterocycles. The molecule has 2 aromatic rings. The van der Waals surface area contributed by atoms with Crippen molar-refractivity contribution in [2.75, 3.05) is 20.2 Å². The summed E-state index contributed by atoms with van der Waals surface area (Å²) in [6.07, 6.45) is 0. The van der Waals surface area contributed by atoms with Gasteiger partial charge in [0.1, 0.15) is 12.3 Å². The third-order valence-electron chi connectivity index (χ3n) is 2.52. The summed E-state index contributed by atoms with van der Waals surface area (Å²) >= 11 is 1.37. The third-order valence-corrected chi connectivity index (χ3v) is 3.11. The second-order valence-corrected chi connectivity index (χ2v) is 4.60. The van der Waals surface area contributed by atoms with Gasteiger partial charge in [0, 0.05) is 12.4 Å². The Kier molecular flexibility index (Phi) is 4.46. The van der Waals surface area contributed by atoms with Gasteiger partial charge in [0.2, 0.25) is 0 Å². The topological polar surface area (TPSA) is 42.4 Å². The summed E-state index contributed by atoms with van der Waals surface area (Å²) in [5.41, 5.74) is 2.02. The van der Waals surface area contributed by atoms with Crippen LogP contribution in [0.5, 0.6) is 5.75 Å². The Morgan fingerprint density at radius 1 is 1.47 bits per heavy atom. The molecule has 0 spiro atoms. The number of rotatable bonds is 5. The summed E-state index contributed by atoms with van der Waals surface area (Å²) in [6.45, 7) is 0.595. The molecular formula is C13H13FN2O2S. The van der Waals surface area contributed by atoms with Gasteiger partial charge < -0.3 is 9.64 Å². The van der Waals surface area contributed by atoms with E-state index in [0.29, 0.717) is 12.2 Å². The molecular weight excluding hydrogens is 267 g/mol. The van der Waals surface area contributed by atoms with E-state index in [1.165, 1.54) is 22.3 Å². The molecule has 0 aliphatic carbocycles. The van der Waals surface area contributed by atoms with Gasteiger partial charge in [-0.3, -0.25) is 4.79 Å². The zero-order valence-corrected chi connectivity index (χ0v) is 11.2. The summed E-state index contributed by atoms with van der Waals surface area (Å²) in [6, 6.07) is 6.18. The number of hydrogen-bond acceptors (Lipinski definition) is 4. The number of benzene rings is 1. The molecule has 0 saturated carbocycles. The molecule has 6 heteroatoms. The highest BCUT2D eigenvalue weighted by atomic mass is 32.1. The molecule has 4 nitrogen and oxygen atoms in total. The van der Waals surface area contributed by atoms with Gasteiger partial charge >= 0.3 is 0 Å². The summed E-state index contributed by atoms with van der Waals surface area (Å²) < 4.78 is 18.6. The number of ether oxygens (including phenoxy) is 1. The van der Waals surface area contributed by atoms with E-state index < -0.39 is 5.82 Å². The largest absolute Gasteiger partial charge is 0.489 e. The quantitative estimate of drug-likeness (QED) is 0.844. The first-order chi connectivity index (χ1) is 9.18. The average Bonchev–Trinajstić information content (AvgIpc) is 2.94. The van der Waals surface area contributed by atoms with Crippen molar-refractivity contribution in [3.63, 3.8) is 0 Å². The molecule has 2 rings (SSSR count). The summed E-state index contributed by atoms with van der Waals surface area (Å²) in [4.78, 5) is 17.3. The summed E-state index contributed by atoms with van der Waals surface area (Å²) in [5, 5.41) is 1.69. The van der Waals surface area contributed by atoms with Crippen LogP contribution < -0.4 is 4.74 Å². The molecule has 0 bridgehead atoms. The number of likely N-dealkylation sites (N-methyl/N-ethyl adjacent to an activating group) is 1. The van der Waals surface area contributed by atoms with E-state index >= 15 is 0 Å². The molecule has 0 atom stereocenters. The molecule has 19 heavy (non-hydrogen) atoms. The van der Waals surface area contributed by atoms with Gasteiger partial charge in [0.25, 0.3) is 5.91 Å². The van der Waals surface area contributed by atoms with Crippen molar-refractivity contribution in [1.82, 2.24) is 9.88 Å². The van der Waals surface area contributed by atoms with E-state index in [1.54, 1.807) is 36.1 Å². The molecule has 0 aliphatic rings. The Labute approximate surface area is 114 Å². The minimum absolute atomic E-state index is 0.168. The molecule has 100 valence electrons. The first kappa shape index (κ1) is 13.5. The Morgan fingerprint density at radius 3 is 2.95 bits per heavy atom. The number of aromatic nitrogens is 1. The van der Waals surface area contributed by atoms with Crippen molar-refractivity contribution in [2.45, 2.75) is 0 Å². The lowest BCUT2D eigenvalue weighted by Crippen LogP contribution is -2.31. The lowest BCUT2D eigenvalue weighted by Gasteiger charge is -2.16. The zero-order chi connectivity index (χ0) is 13.7. The molecule has 0 aliphatic heterocycles. The lowest BCUT2D eigenvalue weighted by atomic mass is 10.3. The van der Waals surface area contributed by atoms with Crippen LogP contribution in [0, 0.1) is 5.82 Å². The van der Waals surface area contributed by atoms with E-state index in [2.05, 4.69) is 4.98 Å². The van der Waals surface area contributed by atoms with Crippen LogP contribution in [0.4, 0.5) is 4.39 Å². The number of hydrogen-bond donors (Lipinski definition) is 0. The van der Waals surface area contributed by atoms with Crippen LogP contribution in [-0.2, 0) is 0 Å². The van der Waals surface area contributed by atoms with Gasteiger partial charge in [0.05, 0.1) is 12.1 Å². The fourth-order valence-corrected chi connectivity index (χ4v) is 2.00. The molecule has 1 heterocycles. The Hall–Kier alpha value is -1.95. The number of carbonyl (C=O) groups excluding carboxylic acids is 1. The minimum atomic E-state index is -0.406. The van der Waals surface area contributed by atoms with E-state index in [9.17, 15) is 9.18 Å². The van der Waals surface area contributed by atoms with Crippen LogP contribution >= 0.6 is 11.3 Å². The Morgan fingerprint density at radius 2 is 2.26 bits per heavy atom. The van der Waals surface area contributed by atoms with Crippen molar-refractivity contribution < 1.29 is 13.9 Å². The van der Waals surface area contributed by atoms with Gasteiger partial charge in [-0.1, -0.05) is 12.1 Å². The van der Waals surface area contributed by atoms with Crippen molar-refractivity contribution in [3.05, 3.63) is 46.7 Å². The molecule has 1 aromatic carbocycles. The maximum atomic E-state index is 13.3. The highest BCUT2D eigenvalue weighted by molar-refractivity contribution is 7.07. The van der Waals surface area contributed by atoms with Gasteiger partial charge in [-0.25, -0.2) is 9.37 Å². The van der Waals surface area contributed by atoms with E-state index in [-0.39, 0.29) is 18.3 Å². The van der Waals surface area contributed by atoms with Gasteiger partial charge in [0.15, 0.2) is 11.6 Å². The summed E-state index contributed by atoms with van der Waals surface area (Å²) in [5.74, 6) is -0.383. The van der Waals surface area contributed by atoms with Crippen molar-refractivity contribution in [1.29, 1.82) is 0 Å². The molecule has 0 unspecified atom stereocenters. The van der Waals surface area contributed by atoms with Crippen molar-refractivity contribution >= 4 is 17.2 Å². The maximum absolute atomic E-state index is 13.3. The highest BCUT2D eigenvalue weighted by Crippen LogP contribution is 2.15. The predicted octanol–water partition coefficient (Wildman–Crippen LogP) is 2.43. The van der Waals surface area contributed by atoms with Crippen LogP contribution in [0.3, 0.4) is 0 Å². The number of carbonyl (C=O) groups is 1. The average molecular weight is 280 g/mol. The highest BCUT2D eigenvalue weighted by Gasteiger charge is 2.13. The third kappa shape index (κ3) is 3.51. The lowest BCUT2D eigenvalue weighted by molar-refractivity contribution is 0.0768. The van der Waals surface area contributed by atoms with E-state index in [4.69, 9.17) is 4.74 Å². The number of para-hydroxylation sites is 1. The molecule has 1 aromatic heterocycles. The van der Waals surface area contributed by atoms with Gasteiger partial charge in [-0.15, -0.1) is 11.3 Å². The minimum Gasteiger partial charge on any atom is -0.489 e. The van der Waals surface area contributed by atoms with Gasteiger partial charge in [-0.05, 0) is 12.1 Å². The Balaban J connectivity index is 1.83. The van der Waals surface area contributed by atoms with Crippen molar-refractivity contribution in [3.8, 4) is 5.75 Å². The summed E-state index contributed by atoms with van der Waals surface area (Å²) in [7, 11) is 1.66. The van der Waals surface area contributed by atoms with E-state index in [1.807, 2.05) is 0 Å². The monoisotopic (exact) mass is 280 g/mol. The second-order valence-electron chi connectivity index (χ2n) is 3.88. The van der Waals surface area contributed by atoms with Crippen LogP contribution in [0.25, 0.3) is 0 Å². The van der Waals surface area contributed by atoms with Crippen LogP contribution in [0.15, 0.2) is 35.2 Å². The maximum Gasteiger partial charge on any atom is 0.273 e. The first-order valence-electron chi connectivity index (χ1n) is 5.69. The molecule has 0 radical (unpaired) electrons. The first-order valence-corrected chi connectivity index (χ1v) is 6.63. The van der Waals surface area contributed by atoms with Crippen LogP contribution in [0.2, 0.25) is 0 Å². The number of nitrogens with zero attached hydrogens (tertiary/aromatic N) is 2. The normalized spacial score (nSPS) is 10.2. The fourth-order valence-electron chi connectivity index (χ4n) is 1.47. The fraction of sp³-hybridized carbons (Fsp3) is 0.231. The van der Waals surface area contributed by atoms with Crippen molar-refractivity contribution in [2.24, 2.45) is 0 Å².